The van der Waals surface area contributed by atoms with Crippen LogP contribution in [0.5, 0.6) is 17.2 Å². The lowest BCUT2D eigenvalue weighted by atomic mass is 10.1. The van der Waals surface area contributed by atoms with Gasteiger partial charge in [0, 0.05) is 13.1 Å². The molecule has 0 aromatic heterocycles. The van der Waals surface area contributed by atoms with Crippen LogP contribution in [0.1, 0.15) is 18.1 Å². The average Bonchev–Trinajstić information content (AvgIpc) is 3.14. The van der Waals surface area contributed by atoms with Crippen molar-refractivity contribution in [3.8, 4) is 17.2 Å². The van der Waals surface area contributed by atoms with Crippen LogP contribution in [-0.4, -0.2) is 33.0 Å². The van der Waals surface area contributed by atoms with Crippen molar-refractivity contribution in [2.75, 3.05) is 27.0 Å². The minimum Gasteiger partial charge on any atom is -0.496 e. The molecule has 2 N–H and O–H groups in total. The molecule has 0 bridgehead atoms. The van der Waals surface area contributed by atoms with E-state index < -0.39 is 0 Å². The van der Waals surface area contributed by atoms with Crippen molar-refractivity contribution in [3.63, 3.8) is 0 Å². The molecule has 0 amide bonds. The lowest BCUT2D eigenvalue weighted by Crippen LogP contribution is -2.38. The van der Waals surface area contributed by atoms with Crippen molar-refractivity contribution in [2.45, 2.75) is 19.9 Å². The van der Waals surface area contributed by atoms with Gasteiger partial charge in [0.1, 0.15) is 5.75 Å². The minimum absolute atomic E-state index is 0.287. The number of nitrogens with one attached hydrogen (secondary N) is 2. The summed E-state index contributed by atoms with van der Waals surface area (Å²) in [5.74, 6) is 3.28. The molecule has 2 aromatic rings. The molecule has 2 aromatic carbocycles. The summed E-state index contributed by atoms with van der Waals surface area (Å²) in [6.45, 7) is 4.49. The van der Waals surface area contributed by atoms with Crippen LogP contribution in [0.4, 0.5) is 0 Å². The summed E-state index contributed by atoms with van der Waals surface area (Å²) in [7, 11) is 1.70. The summed E-state index contributed by atoms with van der Waals surface area (Å²) < 4.78 is 16.2. The van der Waals surface area contributed by atoms with Crippen LogP contribution in [0.15, 0.2) is 47.5 Å². The zero-order valence-corrected chi connectivity index (χ0v) is 15.2. The van der Waals surface area contributed by atoms with E-state index in [0.717, 1.165) is 48.3 Å². The van der Waals surface area contributed by atoms with E-state index in [-0.39, 0.29) is 6.79 Å². The first kappa shape index (κ1) is 17.9. The van der Waals surface area contributed by atoms with E-state index in [9.17, 15) is 0 Å². The van der Waals surface area contributed by atoms with Gasteiger partial charge in [-0.3, -0.25) is 0 Å². The second-order valence-corrected chi connectivity index (χ2v) is 5.87. The van der Waals surface area contributed by atoms with Crippen molar-refractivity contribution in [1.29, 1.82) is 0 Å². The van der Waals surface area contributed by atoms with Gasteiger partial charge in [0.05, 0.1) is 13.7 Å². The lowest BCUT2D eigenvalue weighted by Gasteiger charge is -2.13. The molecule has 26 heavy (non-hydrogen) atoms. The van der Waals surface area contributed by atoms with Crippen LogP contribution in [0, 0.1) is 0 Å². The molecule has 1 aliphatic heterocycles. The van der Waals surface area contributed by atoms with Gasteiger partial charge in [-0.05, 0) is 42.7 Å². The Kier molecular flexibility index (Phi) is 6.19. The quantitative estimate of drug-likeness (QED) is 0.591. The van der Waals surface area contributed by atoms with E-state index in [4.69, 9.17) is 14.2 Å². The third-order valence-corrected chi connectivity index (χ3v) is 4.08. The third-order valence-electron chi connectivity index (χ3n) is 4.08. The van der Waals surface area contributed by atoms with Crippen molar-refractivity contribution >= 4 is 5.96 Å². The fourth-order valence-corrected chi connectivity index (χ4v) is 2.78. The van der Waals surface area contributed by atoms with Crippen LogP contribution >= 0.6 is 0 Å². The Hall–Kier alpha value is -2.89. The molecule has 0 aliphatic carbocycles. The second kappa shape index (κ2) is 8.99. The van der Waals surface area contributed by atoms with Gasteiger partial charge in [-0.25, -0.2) is 4.99 Å². The molecule has 1 aliphatic rings. The van der Waals surface area contributed by atoms with Gasteiger partial charge in [-0.15, -0.1) is 0 Å². The minimum atomic E-state index is 0.287. The molecule has 0 atom stereocenters. The predicted octanol–water partition coefficient (Wildman–Crippen LogP) is 2.72. The Morgan fingerprint density at radius 1 is 1.12 bits per heavy atom. The maximum Gasteiger partial charge on any atom is 0.231 e. The summed E-state index contributed by atoms with van der Waals surface area (Å²) in [6.07, 6.45) is 0.860. The monoisotopic (exact) mass is 355 g/mol. The number of hydrogen-bond acceptors (Lipinski definition) is 4. The molecule has 6 heteroatoms. The van der Waals surface area contributed by atoms with E-state index in [1.165, 1.54) is 5.56 Å². The number of ether oxygens (including phenoxy) is 3. The number of hydrogen-bond donors (Lipinski definition) is 2. The summed E-state index contributed by atoms with van der Waals surface area (Å²) in [5.41, 5.74) is 2.25. The highest BCUT2D eigenvalue weighted by atomic mass is 16.7. The predicted molar refractivity (Wildman–Crippen MR) is 102 cm³/mol. The molecular weight excluding hydrogens is 330 g/mol. The Morgan fingerprint density at radius 3 is 2.81 bits per heavy atom. The number of aliphatic imine (C=N–C) groups is 1. The van der Waals surface area contributed by atoms with E-state index >= 15 is 0 Å². The van der Waals surface area contributed by atoms with Crippen LogP contribution < -0.4 is 24.8 Å². The Labute approximate surface area is 154 Å². The molecule has 0 fully saturated rings. The molecule has 3 rings (SSSR count). The van der Waals surface area contributed by atoms with Gasteiger partial charge < -0.3 is 24.8 Å². The highest BCUT2D eigenvalue weighted by Crippen LogP contribution is 2.32. The van der Waals surface area contributed by atoms with Crippen LogP contribution in [0.2, 0.25) is 0 Å². The lowest BCUT2D eigenvalue weighted by molar-refractivity contribution is 0.174. The summed E-state index contributed by atoms with van der Waals surface area (Å²) in [6, 6.07) is 14.0. The van der Waals surface area contributed by atoms with Gasteiger partial charge in [0.25, 0.3) is 0 Å². The molecule has 0 saturated heterocycles. The van der Waals surface area contributed by atoms with E-state index in [1.54, 1.807) is 7.11 Å². The van der Waals surface area contributed by atoms with Gasteiger partial charge >= 0.3 is 0 Å². The van der Waals surface area contributed by atoms with E-state index in [1.807, 2.05) is 36.4 Å². The summed E-state index contributed by atoms with van der Waals surface area (Å²) in [4.78, 5) is 4.65. The normalized spacial score (nSPS) is 12.8. The Bertz CT molecular complexity index is 762. The molecular formula is C20H25N3O3. The standard InChI is InChI=1S/C20H25N3O3/c1-3-21-20(22-11-10-16-6-4-5-7-17(16)24-2)23-13-15-8-9-18-19(12-15)26-14-25-18/h4-9,12H,3,10-11,13-14H2,1-2H3,(H2,21,22,23). The van der Waals surface area contributed by atoms with Crippen LogP contribution in [-0.2, 0) is 13.0 Å². The molecule has 0 unspecified atom stereocenters. The number of rotatable bonds is 7. The highest BCUT2D eigenvalue weighted by Gasteiger charge is 2.13. The van der Waals surface area contributed by atoms with Crippen molar-refractivity contribution < 1.29 is 14.2 Å². The molecule has 0 saturated carbocycles. The van der Waals surface area contributed by atoms with Gasteiger partial charge in [0.2, 0.25) is 6.79 Å². The van der Waals surface area contributed by atoms with E-state index in [0.29, 0.717) is 6.54 Å². The first-order chi connectivity index (χ1) is 12.8. The van der Waals surface area contributed by atoms with Gasteiger partial charge in [-0.1, -0.05) is 24.3 Å². The fourth-order valence-electron chi connectivity index (χ4n) is 2.78. The molecule has 1 heterocycles. The largest absolute Gasteiger partial charge is 0.496 e. The third kappa shape index (κ3) is 4.59. The summed E-state index contributed by atoms with van der Waals surface area (Å²) >= 11 is 0. The number of nitrogens with zero attached hydrogens (tertiary/aromatic N) is 1. The number of benzene rings is 2. The SMILES string of the molecule is CCNC(=NCc1ccc2c(c1)OCO2)NCCc1ccccc1OC. The fraction of sp³-hybridized carbons (Fsp3) is 0.350. The molecule has 6 nitrogen and oxygen atoms in total. The van der Waals surface area contributed by atoms with Crippen LogP contribution in [0.3, 0.4) is 0 Å². The van der Waals surface area contributed by atoms with Gasteiger partial charge in [0.15, 0.2) is 17.5 Å². The maximum absolute atomic E-state index is 5.42. The maximum atomic E-state index is 5.42. The molecule has 0 radical (unpaired) electrons. The zero-order valence-electron chi connectivity index (χ0n) is 15.2. The number of methoxy groups -OCH3 is 1. The van der Waals surface area contributed by atoms with Crippen LogP contribution in [0.25, 0.3) is 0 Å². The van der Waals surface area contributed by atoms with Gasteiger partial charge in [-0.2, -0.15) is 0 Å². The van der Waals surface area contributed by atoms with Crippen molar-refractivity contribution in [2.24, 2.45) is 4.99 Å². The molecule has 138 valence electrons. The van der Waals surface area contributed by atoms with E-state index in [2.05, 4.69) is 28.6 Å². The number of para-hydroxylation sites is 1. The first-order valence-corrected chi connectivity index (χ1v) is 8.82. The number of fused-ring (bicyclic) bond motifs is 1. The van der Waals surface area contributed by atoms with Crippen molar-refractivity contribution in [3.05, 3.63) is 53.6 Å². The topological polar surface area (TPSA) is 64.1 Å². The average molecular weight is 355 g/mol. The first-order valence-electron chi connectivity index (χ1n) is 8.82. The second-order valence-electron chi connectivity index (χ2n) is 5.87. The molecule has 0 spiro atoms. The smallest absolute Gasteiger partial charge is 0.231 e. The highest BCUT2D eigenvalue weighted by molar-refractivity contribution is 5.79. The van der Waals surface area contributed by atoms with Crippen molar-refractivity contribution in [1.82, 2.24) is 10.6 Å². The summed E-state index contributed by atoms with van der Waals surface area (Å²) in [5, 5.41) is 6.64. The Morgan fingerprint density at radius 2 is 1.96 bits per heavy atom. The number of guanidine groups is 1. The Balaban J connectivity index is 1.57. The zero-order chi connectivity index (χ0) is 18.2.